The molecule has 0 saturated carbocycles. The molecule has 3 aromatic rings. The topological polar surface area (TPSA) is 115 Å². The van der Waals surface area contributed by atoms with Crippen molar-refractivity contribution in [3.63, 3.8) is 0 Å². The number of furan rings is 1. The van der Waals surface area contributed by atoms with Crippen LogP contribution in [0.3, 0.4) is 0 Å². The third-order valence-corrected chi connectivity index (χ3v) is 3.92. The first-order valence-corrected chi connectivity index (χ1v) is 8.10. The third-order valence-electron chi connectivity index (χ3n) is 3.92. The van der Waals surface area contributed by atoms with Crippen LogP contribution in [-0.2, 0) is 11.8 Å². The van der Waals surface area contributed by atoms with Crippen LogP contribution in [0.25, 0.3) is 11.1 Å². The fourth-order valence-electron chi connectivity index (χ4n) is 2.54. The zero-order valence-electron chi connectivity index (χ0n) is 15.0. The minimum atomic E-state index is -0.500. The molecule has 3 rings (SSSR count). The lowest BCUT2D eigenvalue weighted by molar-refractivity contribution is -0.122. The molecule has 140 valence electrons. The summed E-state index contributed by atoms with van der Waals surface area (Å²) in [6.45, 7) is 1.46. The molecule has 2 heterocycles. The van der Waals surface area contributed by atoms with E-state index in [-0.39, 0.29) is 34.7 Å². The first-order chi connectivity index (χ1) is 12.9. The number of benzene rings is 1. The molecule has 0 saturated heterocycles. The molecule has 0 aliphatic rings. The van der Waals surface area contributed by atoms with E-state index in [0.29, 0.717) is 17.2 Å². The molecule has 0 fully saturated rings. The predicted molar refractivity (Wildman–Crippen MR) is 97.9 cm³/mol. The molecule has 0 atom stereocenters. The lowest BCUT2D eigenvalue weighted by Gasteiger charge is -2.08. The van der Waals surface area contributed by atoms with Crippen molar-refractivity contribution in [2.75, 3.05) is 19.0 Å². The number of fused-ring (bicyclic) bond motifs is 1. The summed E-state index contributed by atoms with van der Waals surface area (Å²) in [5.41, 5.74) is 0.326. The number of amides is 2. The van der Waals surface area contributed by atoms with Gasteiger partial charge in [-0.25, -0.2) is 4.98 Å². The Labute approximate surface area is 154 Å². The predicted octanol–water partition coefficient (Wildman–Crippen LogP) is 1.21. The Morgan fingerprint density at radius 3 is 2.85 bits per heavy atom. The van der Waals surface area contributed by atoms with Crippen molar-refractivity contribution in [2.45, 2.75) is 6.92 Å². The lowest BCUT2D eigenvalue weighted by Crippen LogP contribution is -2.24. The minimum absolute atomic E-state index is 0.114. The molecule has 9 heteroatoms. The third kappa shape index (κ3) is 3.66. The quantitative estimate of drug-likeness (QED) is 0.698. The number of likely N-dealkylation sites (N-methyl/N-ethyl adjacent to an activating group) is 1. The smallest absolute Gasteiger partial charge is 0.265 e. The lowest BCUT2D eigenvalue weighted by atomic mass is 10.1. The van der Waals surface area contributed by atoms with Crippen LogP contribution in [0.1, 0.15) is 16.1 Å². The maximum Gasteiger partial charge on any atom is 0.265 e. The van der Waals surface area contributed by atoms with Crippen LogP contribution in [0, 0.1) is 6.92 Å². The van der Waals surface area contributed by atoms with Gasteiger partial charge in [-0.3, -0.25) is 14.4 Å². The number of aromatic nitrogens is 2. The van der Waals surface area contributed by atoms with E-state index in [1.165, 1.54) is 17.9 Å². The van der Waals surface area contributed by atoms with E-state index in [1.807, 2.05) is 0 Å². The maximum absolute atomic E-state index is 12.7. The minimum Gasteiger partial charge on any atom is -0.484 e. The number of carbonyl (C=O) groups is 2. The summed E-state index contributed by atoms with van der Waals surface area (Å²) in [5.74, 6) is -0.0545. The van der Waals surface area contributed by atoms with Crippen LogP contribution in [-0.4, -0.2) is 35.0 Å². The van der Waals surface area contributed by atoms with Gasteiger partial charge in [-0.2, -0.15) is 0 Å². The number of hydrogen-bond acceptors (Lipinski definition) is 6. The molecule has 0 aliphatic carbocycles. The average Bonchev–Trinajstić information content (AvgIpc) is 3.00. The van der Waals surface area contributed by atoms with E-state index < -0.39 is 5.91 Å². The molecule has 27 heavy (non-hydrogen) atoms. The van der Waals surface area contributed by atoms with Gasteiger partial charge >= 0.3 is 0 Å². The summed E-state index contributed by atoms with van der Waals surface area (Å²) < 4.78 is 12.1. The van der Waals surface area contributed by atoms with Crippen molar-refractivity contribution < 1.29 is 18.7 Å². The van der Waals surface area contributed by atoms with Gasteiger partial charge in [0.2, 0.25) is 5.71 Å². The zero-order chi connectivity index (χ0) is 19.6. The Kier molecular flexibility index (Phi) is 4.93. The van der Waals surface area contributed by atoms with E-state index in [1.54, 1.807) is 38.2 Å². The van der Waals surface area contributed by atoms with Crippen molar-refractivity contribution in [2.24, 2.45) is 7.05 Å². The van der Waals surface area contributed by atoms with E-state index in [4.69, 9.17) is 9.15 Å². The molecular weight excluding hydrogens is 352 g/mol. The van der Waals surface area contributed by atoms with Gasteiger partial charge in [0, 0.05) is 25.8 Å². The maximum atomic E-state index is 12.7. The van der Waals surface area contributed by atoms with E-state index >= 15 is 0 Å². The van der Waals surface area contributed by atoms with Crippen molar-refractivity contribution in [3.05, 3.63) is 52.3 Å². The van der Waals surface area contributed by atoms with E-state index in [9.17, 15) is 14.4 Å². The van der Waals surface area contributed by atoms with E-state index in [0.717, 1.165) is 0 Å². The van der Waals surface area contributed by atoms with E-state index in [2.05, 4.69) is 15.6 Å². The SMILES string of the molecule is CNC(=O)COc1cccc(NC(=O)c2c(C)oc3ncn(C)c(=O)c23)c1. The number of carbonyl (C=O) groups excluding carboxylic acids is 2. The molecule has 2 N–H and O–H groups in total. The molecule has 0 unspecified atom stereocenters. The molecule has 1 aromatic carbocycles. The molecule has 0 spiro atoms. The number of nitrogens with one attached hydrogen (secondary N) is 2. The number of rotatable bonds is 5. The van der Waals surface area contributed by atoms with Crippen LogP contribution in [0.15, 0.2) is 39.8 Å². The highest BCUT2D eigenvalue weighted by Gasteiger charge is 2.22. The first kappa shape index (κ1) is 18.2. The molecule has 0 aliphatic heterocycles. The Morgan fingerprint density at radius 1 is 1.33 bits per heavy atom. The zero-order valence-corrected chi connectivity index (χ0v) is 15.0. The molecular formula is C18H18N4O5. The van der Waals surface area contributed by atoms with Crippen molar-refractivity contribution in [1.29, 1.82) is 0 Å². The van der Waals surface area contributed by atoms with Crippen molar-refractivity contribution in [3.8, 4) is 5.75 Å². The van der Waals surface area contributed by atoms with Crippen LogP contribution in [0.2, 0.25) is 0 Å². The van der Waals surface area contributed by atoms with Gasteiger partial charge in [0.05, 0.1) is 5.56 Å². The normalized spacial score (nSPS) is 10.6. The van der Waals surface area contributed by atoms with Crippen LogP contribution >= 0.6 is 0 Å². The average molecular weight is 370 g/mol. The number of aryl methyl sites for hydroxylation is 2. The Balaban J connectivity index is 1.87. The van der Waals surface area contributed by atoms with Gasteiger partial charge in [0.25, 0.3) is 17.4 Å². The molecule has 2 amide bonds. The van der Waals surface area contributed by atoms with Gasteiger partial charge in [-0.05, 0) is 19.1 Å². The number of anilines is 1. The number of hydrogen-bond donors (Lipinski definition) is 2. The van der Waals surface area contributed by atoms with Gasteiger partial charge in [0.15, 0.2) is 6.61 Å². The fourth-order valence-corrected chi connectivity index (χ4v) is 2.54. The second-order valence-electron chi connectivity index (χ2n) is 5.82. The number of ether oxygens (including phenoxy) is 1. The summed E-state index contributed by atoms with van der Waals surface area (Å²) in [6.07, 6.45) is 1.34. The van der Waals surface area contributed by atoms with Crippen molar-refractivity contribution >= 4 is 28.6 Å². The standard InChI is InChI=1S/C18H18N4O5/c1-10-14(15-17(27-10)20-9-22(3)18(15)25)16(24)21-11-5-4-6-12(7-11)26-8-13(23)19-2/h4-7,9H,8H2,1-3H3,(H,19,23)(H,21,24). The number of nitrogens with zero attached hydrogens (tertiary/aromatic N) is 2. The Morgan fingerprint density at radius 2 is 2.11 bits per heavy atom. The molecule has 2 aromatic heterocycles. The van der Waals surface area contributed by atoms with Crippen molar-refractivity contribution in [1.82, 2.24) is 14.9 Å². The summed E-state index contributed by atoms with van der Waals surface area (Å²) in [4.78, 5) is 40.4. The summed E-state index contributed by atoms with van der Waals surface area (Å²) >= 11 is 0. The van der Waals surface area contributed by atoms with Crippen LogP contribution in [0.4, 0.5) is 5.69 Å². The second kappa shape index (κ2) is 7.32. The highest BCUT2D eigenvalue weighted by molar-refractivity contribution is 6.12. The second-order valence-corrected chi connectivity index (χ2v) is 5.82. The van der Waals surface area contributed by atoms with Gasteiger partial charge < -0.3 is 24.4 Å². The molecule has 9 nitrogen and oxygen atoms in total. The first-order valence-electron chi connectivity index (χ1n) is 8.10. The largest absolute Gasteiger partial charge is 0.484 e. The van der Waals surface area contributed by atoms with Gasteiger partial charge in [-0.15, -0.1) is 0 Å². The van der Waals surface area contributed by atoms with Crippen LogP contribution in [0.5, 0.6) is 5.75 Å². The summed E-state index contributed by atoms with van der Waals surface area (Å²) in [5, 5.41) is 5.29. The van der Waals surface area contributed by atoms with Gasteiger partial charge in [-0.1, -0.05) is 6.07 Å². The van der Waals surface area contributed by atoms with Gasteiger partial charge in [0.1, 0.15) is 23.2 Å². The Hall–Kier alpha value is -3.62. The Bertz CT molecular complexity index is 1080. The summed E-state index contributed by atoms with van der Waals surface area (Å²) in [6, 6.07) is 6.58. The summed E-state index contributed by atoms with van der Waals surface area (Å²) in [7, 11) is 3.06. The monoisotopic (exact) mass is 370 g/mol. The molecule has 0 radical (unpaired) electrons. The highest BCUT2D eigenvalue weighted by Crippen LogP contribution is 2.23. The highest BCUT2D eigenvalue weighted by atomic mass is 16.5. The molecule has 0 bridgehead atoms. The fraction of sp³-hybridized carbons (Fsp3) is 0.222. The van der Waals surface area contributed by atoms with Crippen LogP contribution < -0.4 is 20.9 Å².